The molecule has 0 nitrogen and oxygen atoms in total. The third-order valence-corrected chi connectivity index (χ3v) is 4.27. The second-order valence-electron chi connectivity index (χ2n) is 2.84. The molecule has 0 unspecified atom stereocenters. The summed E-state index contributed by atoms with van der Waals surface area (Å²) in [4.78, 5) is 0. The van der Waals surface area contributed by atoms with E-state index in [4.69, 9.17) is 34.8 Å². The van der Waals surface area contributed by atoms with E-state index in [1.807, 2.05) is 18.2 Å². The Balaban J connectivity index is 2.95. The molecule has 0 amide bonds. The van der Waals surface area contributed by atoms with E-state index in [0.717, 1.165) is 14.3 Å². The minimum atomic E-state index is 0.655. The lowest BCUT2D eigenvalue weighted by Crippen LogP contribution is -1.81. The largest absolute Gasteiger partial charge is 0.0843 e. The van der Waals surface area contributed by atoms with Gasteiger partial charge in [-0.05, 0) is 46.2 Å². The molecule has 0 saturated carbocycles. The molecule has 0 radical (unpaired) electrons. The Hall–Kier alpha value is 0.300. The van der Waals surface area contributed by atoms with Crippen molar-refractivity contribution < 1.29 is 0 Å². The molecule has 0 fully saturated rings. The van der Waals surface area contributed by atoms with Crippen LogP contribution in [0.25, 0.3) is 10.8 Å². The molecular formula is C10H4Cl3I. The van der Waals surface area contributed by atoms with E-state index in [9.17, 15) is 0 Å². The second kappa shape index (κ2) is 4.05. The van der Waals surface area contributed by atoms with Gasteiger partial charge >= 0.3 is 0 Å². The van der Waals surface area contributed by atoms with Crippen LogP contribution in [0.2, 0.25) is 15.1 Å². The lowest BCUT2D eigenvalue weighted by molar-refractivity contribution is 1.70. The maximum Gasteiger partial charge on any atom is 0.0560 e. The van der Waals surface area contributed by atoms with Crippen LogP contribution in [0.3, 0.4) is 0 Å². The number of hydrogen-bond donors (Lipinski definition) is 0. The first-order valence-corrected chi connectivity index (χ1v) is 6.03. The molecule has 72 valence electrons. The van der Waals surface area contributed by atoms with Gasteiger partial charge in [0.1, 0.15) is 0 Å². The molecule has 0 heterocycles. The molecule has 2 aromatic rings. The summed E-state index contributed by atoms with van der Waals surface area (Å²) in [6.07, 6.45) is 0. The first-order chi connectivity index (χ1) is 6.59. The van der Waals surface area contributed by atoms with E-state index in [1.54, 1.807) is 6.07 Å². The summed E-state index contributed by atoms with van der Waals surface area (Å²) in [7, 11) is 0. The number of fused-ring (bicyclic) bond motifs is 1. The number of rotatable bonds is 0. The predicted octanol–water partition coefficient (Wildman–Crippen LogP) is 5.40. The van der Waals surface area contributed by atoms with Crippen molar-refractivity contribution in [3.63, 3.8) is 0 Å². The van der Waals surface area contributed by atoms with Gasteiger partial charge in [-0.2, -0.15) is 0 Å². The van der Waals surface area contributed by atoms with Gasteiger partial charge in [-0.1, -0.05) is 40.9 Å². The fraction of sp³-hybridized carbons (Fsp3) is 0. The van der Waals surface area contributed by atoms with E-state index < -0.39 is 0 Å². The highest BCUT2D eigenvalue weighted by molar-refractivity contribution is 14.1. The summed E-state index contributed by atoms with van der Waals surface area (Å²) in [5, 5.41) is 3.97. The van der Waals surface area contributed by atoms with Crippen LogP contribution in [0.15, 0.2) is 24.3 Å². The molecule has 0 saturated heterocycles. The first kappa shape index (κ1) is 10.8. The number of hydrogen-bond acceptors (Lipinski definition) is 0. The zero-order valence-corrected chi connectivity index (χ0v) is 11.2. The molecule has 14 heavy (non-hydrogen) atoms. The van der Waals surface area contributed by atoms with Crippen LogP contribution in [-0.2, 0) is 0 Å². The predicted molar refractivity (Wildman–Crippen MR) is 71.7 cm³/mol. The molecule has 4 heteroatoms. The van der Waals surface area contributed by atoms with Gasteiger partial charge in [-0.25, -0.2) is 0 Å². The summed E-state index contributed by atoms with van der Waals surface area (Å²) < 4.78 is 0.978. The Morgan fingerprint density at radius 1 is 0.857 bits per heavy atom. The van der Waals surface area contributed by atoms with Crippen LogP contribution in [0.1, 0.15) is 0 Å². The maximum atomic E-state index is 6.06. The molecule has 0 aliphatic rings. The van der Waals surface area contributed by atoms with Crippen molar-refractivity contribution in [3.8, 4) is 0 Å². The summed E-state index contributed by atoms with van der Waals surface area (Å²) in [6, 6.07) is 7.34. The Bertz CT molecular complexity index is 508. The molecule has 0 atom stereocenters. The Morgan fingerprint density at radius 2 is 1.57 bits per heavy atom. The van der Waals surface area contributed by atoms with Crippen LogP contribution < -0.4 is 0 Å². The van der Waals surface area contributed by atoms with Crippen molar-refractivity contribution in [2.75, 3.05) is 0 Å². The minimum absolute atomic E-state index is 0.655. The van der Waals surface area contributed by atoms with Crippen LogP contribution >= 0.6 is 57.4 Å². The van der Waals surface area contributed by atoms with Gasteiger partial charge < -0.3 is 0 Å². The standard InChI is InChI=1S/C10H4Cl3I/c11-5-1-2-6-7(3-5)10(14)9(13)4-8(6)12/h1-4H. The molecule has 0 bridgehead atoms. The zero-order valence-electron chi connectivity index (χ0n) is 6.82. The summed E-state index contributed by atoms with van der Waals surface area (Å²) in [5.41, 5.74) is 0. The average Bonchev–Trinajstić information content (AvgIpc) is 2.14. The lowest BCUT2D eigenvalue weighted by atomic mass is 10.1. The Labute approximate surface area is 110 Å². The van der Waals surface area contributed by atoms with Gasteiger partial charge in [0.15, 0.2) is 0 Å². The molecular weight excluding hydrogens is 353 g/mol. The van der Waals surface area contributed by atoms with Crippen molar-refractivity contribution in [1.29, 1.82) is 0 Å². The van der Waals surface area contributed by atoms with Crippen molar-refractivity contribution >= 4 is 68.2 Å². The smallest absolute Gasteiger partial charge is 0.0560 e. The molecule has 2 rings (SSSR count). The fourth-order valence-corrected chi connectivity index (χ4v) is 2.60. The molecule has 0 aliphatic heterocycles. The molecule has 0 spiro atoms. The summed E-state index contributed by atoms with van der Waals surface area (Å²) >= 11 is 20.2. The number of benzene rings is 2. The summed E-state index contributed by atoms with van der Waals surface area (Å²) in [6.45, 7) is 0. The van der Waals surface area contributed by atoms with Crippen molar-refractivity contribution in [1.82, 2.24) is 0 Å². The van der Waals surface area contributed by atoms with Crippen LogP contribution in [0.5, 0.6) is 0 Å². The number of halogens is 4. The first-order valence-electron chi connectivity index (χ1n) is 3.82. The topological polar surface area (TPSA) is 0 Å². The van der Waals surface area contributed by atoms with E-state index >= 15 is 0 Å². The fourth-order valence-electron chi connectivity index (χ4n) is 1.29. The van der Waals surface area contributed by atoms with Crippen molar-refractivity contribution in [2.45, 2.75) is 0 Å². The quantitative estimate of drug-likeness (QED) is 0.437. The van der Waals surface area contributed by atoms with Crippen LogP contribution in [-0.4, -0.2) is 0 Å². The monoisotopic (exact) mass is 356 g/mol. The Morgan fingerprint density at radius 3 is 2.29 bits per heavy atom. The highest BCUT2D eigenvalue weighted by atomic mass is 127. The van der Waals surface area contributed by atoms with E-state index in [0.29, 0.717) is 15.1 Å². The third-order valence-electron chi connectivity index (χ3n) is 1.94. The molecule has 0 aliphatic carbocycles. The highest BCUT2D eigenvalue weighted by Gasteiger charge is 2.07. The van der Waals surface area contributed by atoms with Crippen molar-refractivity contribution in [2.24, 2.45) is 0 Å². The van der Waals surface area contributed by atoms with E-state index in [1.165, 1.54) is 0 Å². The van der Waals surface area contributed by atoms with Gasteiger partial charge in [0.25, 0.3) is 0 Å². The normalized spacial score (nSPS) is 10.9. The van der Waals surface area contributed by atoms with E-state index in [-0.39, 0.29) is 0 Å². The molecule has 2 aromatic carbocycles. The van der Waals surface area contributed by atoms with Gasteiger partial charge in [0.2, 0.25) is 0 Å². The van der Waals surface area contributed by atoms with Crippen LogP contribution in [0, 0.1) is 3.57 Å². The van der Waals surface area contributed by atoms with Crippen LogP contribution in [0.4, 0.5) is 0 Å². The molecule has 0 aromatic heterocycles. The van der Waals surface area contributed by atoms with Gasteiger partial charge in [-0.3, -0.25) is 0 Å². The maximum absolute atomic E-state index is 6.06. The molecule has 0 N–H and O–H groups in total. The minimum Gasteiger partial charge on any atom is -0.0843 e. The second-order valence-corrected chi connectivity index (χ2v) is 5.17. The van der Waals surface area contributed by atoms with Gasteiger partial charge in [0.05, 0.1) is 5.02 Å². The van der Waals surface area contributed by atoms with Crippen molar-refractivity contribution in [3.05, 3.63) is 42.9 Å². The SMILES string of the molecule is Clc1ccc2c(Cl)cc(Cl)c(I)c2c1. The third kappa shape index (κ3) is 1.83. The lowest BCUT2D eigenvalue weighted by Gasteiger charge is -2.05. The van der Waals surface area contributed by atoms with Gasteiger partial charge in [0, 0.05) is 19.0 Å². The average molecular weight is 357 g/mol. The van der Waals surface area contributed by atoms with E-state index in [2.05, 4.69) is 22.6 Å². The Kier molecular flexibility index (Phi) is 3.12. The highest BCUT2D eigenvalue weighted by Crippen LogP contribution is 2.34. The summed E-state index contributed by atoms with van der Waals surface area (Å²) in [5.74, 6) is 0. The van der Waals surface area contributed by atoms with Gasteiger partial charge in [-0.15, -0.1) is 0 Å². The zero-order chi connectivity index (χ0) is 10.3.